The van der Waals surface area contributed by atoms with E-state index in [-0.39, 0.29) is 0 Å². The van der Waals surface area contributed by atoms with E-state index in [1.807, 2.05) is 45.0 Å². The fraction of sp³-hybridized carbons (Fsp3) is 0.375. The third-order valence-electron chi connectivity index (χ3n) is 2.89. The highest BCUT2D eigenvalue weighted by Crippen LogP contribution is 2.23. The van der Waals surface area contributed by atoms with Crippen LogP contribution in [0.2, 0.25) is 0 Å². The number of nitrogens with zero attached hydrogens (tertiary/aromatic N) is 2. The van der Waals surface area contributed by atoms with E-state index in [4.69, 9.17) is 10.00 Å². The number of hydrogen-bond donors (Lipinski definition) is 0. The molecule has 0 amide bonds. The maximum absolute atomic E-state index is 12.2. The van der Waals surface area contributed by atoms with E-state index in [9.17, 15) is 4.79 Å². The van der Waals surface area contributed by atoms with Gasteiger partial charge in [-0.05, 0) is 38.8 Å². The van der Waals surface area contributed by atoms with E-state index >= 15 is 0 Å². The zero-order valence-electron chi connectivity index (χ0n) is 12.0. The third-order valence-corrected chi connectivity index (χ3v) is 2.89. The van der Waals surface area contributed by atoms with Crippen LogP contribution in [0.25, 0.3) is 10.9 Å². The van der Waals surface area contributed by atoms with Crippen LogP contribution in [0.1, 0.15) is 32.8 Å². The molecule has 0 aliphatic rings. The molecule has 2 aromatic rings. The summed E-state index contributed by atoms with van der Waals surface area (Å²) in [6.07, 6.45) is 2.45. The number of fused-ring (bicyclic) bond motifs is 1. The maximum Gasteiger partial charge on any atom is 0.419 e. The molecule has 4 nitrogen and oxygen atoms in total. The molecule has 0 radical (unpaired) electrons. The molecular formula is C16H18N2O2. The lowest BCUT2D eigenvalue weighted by molar-refractivity contribution is 0.0544. The van der Waals surface area contributed by atoms with Crippen LogP contribution >= 0.6 is 0 Å². The molecule has 1 aromatic heterocycles. The number of hydrogen-bond acceptors (Lipinski definition) is 3. The minimum atomic E-state index is -0.532. The fourth-order valence-corrected chi connectivity index (χ4v) is 2.10. The third kappa shape index (κ3) is 3.00. The highest BCUT2D eigenvalue weighted by Gasteiger charge is 2.20. The second-order valence-corrected chi connectivity index (χ2v) is 5.68. The fourth-order valence-electron chi connectivity index (χ4n) is 2.10. The smallest absolute Gasteiger partial charge is 0.419 e. The van der Waals surface area contributed by atoms with Crippen LogP contribution < -0.4 is 0 Å². The Hall–Kier alpha value is -2.28. The summed E-state index contributed by atoms with van der Waals surface area (Å²) in [5.41, 5.74) is 1.28. The molecule has 0 saturated carbocycles. The topological polar surface area (TPSA) is 55.0 Å². The molecule has 0 saturated heterocycles. The quantitative estimate of drug-likeness (QED) is 0.832. The predicted octanol–water partition coefficient (Wildman–Crippen LogP) is 3.88. The Morgan fingerprint density at radius 1 is 1.35 bits per heavy atom. The van der Waals surface area contributed by atoms with Gasteiger partial charge in [0.05, 0.1) is 11.6 Å². The Kier molecular flexibility index (Phi) is 3.80. The van der Waals surface area contributed by atoms with Crippen LogP contribution in [-0.4, -0.2) is 16.3 Å². The Morgan fingerprint density at radius 3 is 2.70 bits per heavy atom. The molecule has 4 heteroatoms. The van der Waals surface area contributed by atoms with Gasteiger partial charge in [-0.3, -0.25) is 4.57 Å². The average molecular weight is 270 g/mol. The second kappa shape index (κ2) is 5.38. The molecule has 0 fully saturated rings. The van der Waals surface area contributed by atoms with Crippen molar-refractivity contribution in [2.45, 2.75) is 39.2 Å². The van der Waals surface area contributed by atoms with Crippen molar-refractivity contribution in [1.82, 2.24) is 4.57 Å². The highest BCUT2D eigenvalue weighted by molar-refractivity contribution is 5.92. The van der Waals surface area contributed by atoms with Crippen LogP contribution in [0.4, 0.5) is 4.79 Å². The summed E-state index contributed by atoms with van der Waals surface area (Å²) in [6.45, 7) is 5.52. The largest absolute Gasteiger partial charge is 0.443 e. The Morgan fingerprint density at radius 2 is 2.05 bits per heavy atom. The molecule has 20 heavy (non-hydrogen) atoms. The number of ether oxygens (including phenoxy) is 1. The number of aromatic nitrogens is 1. The maximum atomic E-state index is 12.2. The van der Waals surface area contributed by atoms with Crippen molar-refractivity contribution in [3.8, 4) is 6.07 Å². The molecule has 1 aromatic carbocycles. The van der Waals surface area contributed by atoms with Gasteiger partial charge in [0.25, 0.3) is 0 Å². The zero-order chi connectivity index (χ0) is 14.8. The highest BCUT2D eigenvalue weighted by atomic mass is 16.6. The lowest BCUT2D eigenvalue weighted by Gasteiger charge is -2.19. The summed E-state index contributed by atoms with van der Waals surface area (Å²) < 4.78 is 6.93. The van der Waals surface area contributed by atoms with E-state index < -0.39 is 11.7 Å². The van der Waals surface area contributed by atoms with Gasteiger partial charge in [0.2, 0.25) is 0 Å². The summed E-state index contributed by atoms with van der Waals surface area (Å²) in [4.78, 5) is 12.2. The van der Waals surface area contributed by atoms with Gasteiger partial charge in [0.1, 0.15) is 5.60 Å². The number of para-hydroxylation sites is 1. The van der Waals surface area contributed by atoms with Crippen molar-refractivity contribution in [2.24, 2.45) is 0 Å². The van der Waals surface area contributed by atoms with Gasteiger partial charge in [-0.2, -0.15) is 5.26 Å². The summed E-state index contributed by atoms with van der Waals surface area (Å²) >= 11 is 0. The molecule has 104 valence electrons. The van der Waals surface area contributed by atoms with Crippen LogP contribution in [0.5, 0.6) is 0 Å². The van der Waals surface area contributed by atoms with Gasteiger partial charge < -0.3 is 4.74 Å². The number of carbonyl (C=O) groups is 1. The SMILES string of the molecule is CC(C)(C)OC(=O)n1cc(CCC#N)c2ccccc21. The molecule has 0 spiro atoms. The van der Waals surface area contributed by atoms with E-state index in [1.165, 1.54) is 4.57 Å². The van der Waals surface area contributed by atoms with Crippen molar-refractivity contribution < 1.29 is 9.53 Å². The zero-order valence-corrected chi connectivity index (χ0v) is 12.0. The monoisotopic (exact) mass is 270 g/mol. The summed E-state index contributed by atoms with van der Waals surface area (Å²) in [5.74, 6) is 0. The standard InChI is InChI=1S/C16H18N2O2/c1-16(2,3)20-15(19)18-11-12(7-6-10-17)13-8-4-5-9-14(13)18/h4-5,8-9,11H,6-7H2,1-3H3. The van der Waals surface area contributed by atoms with Crippen LogP contribution in [0, 0.1) is 11.3 Å². The van der Waals surface area contributed by atoms with E-state index in [2.05, 4.69) is 6.07 Å². The van der Waals surface area contributed by atoms with Crippen LogP contribution in [0.15, 0.2) is 30.5 Å². The van der Waals surface area contributed by atoms with Crippen molar-refractivity contribution in [3.05, 3.63) is 36.0 Å². The van der Waals surface area contributed by atoms with Crippen molar-refractivity contribution >= 4 is 17.0 Å². The number of nitriles is 1. The first kappa shape index (κ1) is 14.1. The molecule has 0 aliphatic heterocycles. The predicted molar refractivity (Wildman–Crippen MR) is 77.5 cm³/mol. The van der Waals surface area contributed by atoms with Gasteiger partial charge in [-0.1, -0.05) is 18.2 Å². The van der Waals surface area contributed by atoms with Gasteiger partial charge in [0.15, 0.2) is 0 Å². The molecule has 0 atom stereocenters. The van der Waals surface area contributed by atoms with E-state index in [0.29, 0.717) is 12.8 Å². The van der Waals surface area contributed by atoms with E-state index in [0.717, 1.165) is 16.5 Å². The Bertz CT molecular complexity index is 672. The van der Waals surface area contributed by atoms with Crippen molar-refractivity contribution in [3.63, 3.8) is 0 Å². The molecule has 1 heterocycles. The van der Waals surface area contributed by atoms with Crippen molar-refractivity contribution in [2.75, 3.05) is 0 Å². The normalized spacial score (nSPS) is 11.3. The number of benzene rings is 1. The summed E-state index contributed by atoms with van der Waals surface area (Å²) in [7, 11) is 0. The molecule has 2 rings (SSSR count). The summed E-state index contributed by atoms with van der Waals surface area (Å²) in [5, 5.41) is 9.71. The first-order chi connectivity index (χ1) is 9.42. The minimum absolute atomic E-state index is 0.392. The number of rotatable bonds is 2. The Labute approximate surface area is 118 Å². The first-order valence-corrected chi connectivity index (χ1v) is 6.61. The van der Waals surface area contributed by atoms with E-state index in [1.54, 1.807) is 6.20 Å². The summed E-state index contributed by atoms with van der Waals surface area (Å²) in [6, 6.07) is 9.79. The molecule has 0 bridgehead atoms. The molecular weight excluding hydrogens is 252 g/mol. The van der Waals surface area contributed by atoms with Gasteiger partial charge in [-0.15, -0.1) is 0 Å². The lowest BCUT2D eigenvalue weighted by atomic mass is 10.1. The van der Waals surface area contributed by atoms with Gasteiger partial charge in [0, 0.05) is 18.0 Å². The Balaban J connectivity index is 2.43. The van der Waals surface area contributed by atoms with Gasteiger partial charge >= 0.3 is 6.09 Å². The average Bonchev–Trinajstić information content (AvgIpc) is 2.73. The molecule has 0 aliphatic carbocycles. The number of aryl methyl sites for hydroxylation is 1. The van der Waals surface area contributed by atoms with Crippen molar-refractivity contribution in [1.29, 1.82) is 5.26 Å². The first-order valence-electron chi connectivity index (χ1n) is 6.61. The lowest BCUT2D eigenvalue weighted by Crippen LogP contribution is -2.26. The van der Waals surface area contributed by atoms with Crippen LogP contribution in [-0.2, 0) is 11.2 Å². The molecule has 0 unspecified atom stereocenters. The number of carbonyl (C=O) groups excluding carboxylic acids is 1. The minimum Gasteiger partial charge on any atom is -0.443 e. The van der Waals surface area contributed by atoms with Crippen LogP contribution in [0.3, 0.4) is 0 Å². The second-order valence-electron chi connectivity index (χ2n) is 5.68. The van der Waals surface area contributed by atoms with Gasteiger partial charge in [-0.25, -0.2) is 4.79 Å². The molecule has 0 N–H and O–H groups in total.